The molecule has 0 atom stereocenters. The number of fused-ring (bicyclic) bond motifs is 3. The third-order valence-electron chi connectivity index (χ3n) is 3.87. The highest BCUT2D eigenvalue weighted by Gasteiger charge is 2.37. The summed E-state index contributed by atoms with van der Waals surface area (Å²) < 4.78 is 2.14. The Labute approximate surface area is 106 Å². The van der Waals surface area contributed by atoms with Crippen LogP contribution in [0, 0.1) is 16.7 Å². The molecular formula is C14H15N3O. The summed E-state index contributed by atoms with van der Waals surface area (Å²) in [6.07, 6.45) is 1.89. The van der Waals surface area contributed by atoms with Crippen molar-refractivity contribution in [2.45, 2.75) is 33.2 Å². The van der Waals surface area contributed by atoms with Gasteiger partial charge in [-0.25, -0.2) is 4.79 Å². The molecule has 0 bridgehead atoms. The SMILES string of the molecule is CC1(C)Cc2c(C#N)c3n(c2C1)CCNC3=C=O. The highest BCUT2D eigenvalue weighted by molar-refractivity contribution is 5.88. The van der Waals surface area contributed by atoms with Crippen LogP contribution in [0.1, 0.15) is 36.4 Å². The fourth-order valence-electron chi connectivity index (χ4n) is 3.19. The quantitative estimate of drug-likeness (QED) is 0.696. The molecule has 1 aromatic heterocycles. The number of aromatic nitrogens is 1. The molecule has 4 heteroatoms. The molecule has 1 N–H and O–H groups in total. The van der Waals surface area contributed by atoms with Gasteiger partial charge in [0.15, 0.2) is 5.94 Å². The van der Waals surface area contributed by atoms with Crippen molar-refractivity contribution in [3.05, 3.63) is 22.5 Å². The second-order valence-corrected chi connectivity index (χ2v) is 5.83. The summed E-state index contributed by atoms with van der Waals surface area (Å²) in [6.45, 7) is 5.99. The van der Waals surface area contributed by atoms with Gasteiger partial charge in [-0.05, 0) is 23.8 Å². The average molecular weight is 241 g/mol. The summed E-state index contributed by atoms with van der Waals surface area (Å²) in [5.41, 5.74) is 4.44. The maximum absolute atomic E-state index is 11.0. The van der Waals surface area contributed by atoms with Gasteiger partial charge in [0.25, 0.3) is 0 Å². The first-order chi connectivity index (χ1) is 8.57. The van der Waals surface area contributed by atoms with Gasteiger partial charge in [0.2, 0.25) is 0 Å². The largest absolute Gasteiger partial charge is 0.373 e. The van der Waals surface area contributed by atoms with E-state index in [1.165, 1.54) is 5.69 Å². The number of nitrogens with one attached hydrogen (secondary N) is 1. The Balaban J connectivity index is 2.28. The Bertz CT molecular complexity index is 624. The maximum atomic E-state index is 11.0. The van der Waals surface area contributed by atoms with Crippen molar-refractivity contribution in [2.24, 2.45) is 5.41 Å². The van der Waals surface area contributed by atoms with Crippen molar-refractivity contribution in [1.82, 2.24) is 9.88 Å². The summed E-state index contributed by atoms with van der Waals surface area (Å²) in [6, 6.07) is 2.28. The molecular weight excluding hydrogens is 226 g/mol. The van der Waals surface area contributed by atoms with E-state index in [1.807, 2.05) is 5.94 Å². The Morgan fingerprint density at radius 2 is 2.17 bits per heavy atom. The Hall–Kier alpha value is -1.98. The predicted octanol–water partition coefficient (Wildman–Crippen LogP) is 1.26. The van der Waals surface area contributed by atoms with Crippen LogP contribution in [-0.2, 0) is 24.2 Å². The van der Waals surface area contributed by atoms with Crippen LogP contribution in [0.15, 0.2) is 0 Å². The van der Waals surface area contributed by atoms with Crippen LogP contribution < -0.4 is 5.32 Å². The smallest absolute Gasteiger partial charge is 0.152 e. The molecule has 0 saturated carbocycles. The van der Waals surface area contributed by atoms with E-state index in [0.717, 1.165) is 37.2 Å². The molecule has 0 unspecified atom stereocenters. The minimum absolute atomic E-state index is 0.216. The van der Waals surface area contributed by atoms with Gasteiger partial charge in [-0.2, -0.15) is 5.26 Å². The summed E-state index contributed by atoms with van der Waals surface area (Å²) in [5.74, 6) is 1.93. The van der Waals surface area contributed by atoms with Crippen molar-refractivity contribution in [2.75, 3.05) is 6.54 Å². The summed E-state index contributed by atoms with van der Waals surface area (Å²) in [5, 5.41) is 12.4. The normalized spacial score (nSPS) is 19.5. The van der Waals surface area contributed by atoms with Crippen molar-refractivity contribution in [1.29, 1.82) is 5.26 Å². The standard InChI is InChI=1S/C14H15N3O/c1-14(2)5-9-10(7-15)13-11(8-18)16-3-4-17(13)12(9)6-14/h16H,3-6H2,1-2H3. The van der Waals surface area contributed by atoms with E-state index in [4.69, 9.17) is 0 Å². The Morgan fingerprint density at radius 1 is 1.39 bits per heavy atom. The second kappa shape index (κ2) is 3.51. The second-order valence-electron chi connectivity index (χ2n) is 5.83. The van der Waals surface area contributed by atoms with Gasteiger partial charge in [0.05, 0.1) is 11.3 Å². The molecule has 0 amide bonds. The number of carbonyl (C=O) groups excluding carboxylic acids is 1. The number of rotatable bonds is 0. The summed E-state index contributed by atoms with van der Waals surface area (Å²) in [4.78, 5) is 11.0. The molecule has 3 rings (SSSR count). The van der Waals surface area contributed by atoms with Gasteiger partial charge >= 0.3 is 0 Å². The van der Waals surface area contributed by atoms with Crippen LogP contribution in [0.3, 0.4) is 0 Å². The monoisotopic (exact) mass is 241 g/mol. The van der Waals surface area contributed by atoms with Gasteiger partial charge in [0, 0.05) is 18.8 Å². The molecule has 0 saturated heterocycles. The van der Waals surface area contributed by atoms with Gasteiger partial charge in [0.1, 0.15) is 11.8 Å². The first-order valence-electron chi connectivity index (χ1n) is 6.21. The third-order valence-corrected chi connectivity index (χ3v) is 3.87. The molecule has 1 aliphatic heterocycles. The van der Waals surface area contributed by atoms with Gasteiger partial charge in [-0.15, -0.1) is 0 Å². The molecule has 1 aliphatic carbocycles. The van der Waals surface area contributed by atoms with E-state index in [1.54, 1.807) is 0 Å². The summed E-state index contributed by atoms with van der Waals surface area (Å²) in [7, 11) is 0. The number of nitriles is 1. The molecule has 2 aliphatic rings. The lowest BCUT2D eigenvalue weighted by atomic mass is 9.89. The van der Waals surface area contributed by atoms with E-state index in [2.05, 4.69) is 29.8 Å². The van der Waals surface area contributed by atoms with Crippen LogP contribution in [0.4, 0.5) is 0 Å². The lowest BCUT2D eigenvalue weighted by Gasteiger charge is -2.23. The van der Waals surface area contributed by atoms with Gasteiger partial charge < -0.3 is 9.88 Å². The van der Waals surface area contributed by atoms with Gasteiger partial charge in [-0.1, -0.05) is 13.8 Å². The Morgan fingerprint density at radius 3 is 2.83 bits per heavy atom. The van der Waals surface area contributed by atoms with Crippen LogP contribution >= 0.6 is 0 Å². The van der Waals surface area contributed by atoms with Crippen molar-refractivity contribution >= 4 is 11.6 Å². The topological polar surface area (TPSA) is 57.8 Å². The molecule has 0 spiro atoms. The van der Waals surface area contributed by atoms with Crippen molar-refractivity contribution in [3.63, 3.8) is 0 Å². The Kier molecular flexibility index (Phi) is 2.17. The summed E-state index contributed by atoms with van der Waals surface area (Å²) >= 11 is 0. The van der Waals surface area contributed by atoms with E-state index in [0.29, 0.717) is 11.3 Å². The zero-order chi connectivity index (χ0) is 12.9. The lowest BCUT2D eigenvalue weighted by Crippen LogP contribution is -2.29. The fourth-order valence-corrected chi connectivity index (χ4v) is 3.19. The number of nitrogens with zero attached hydrogens (tertiary/aromatic N) is 2. The molecule has 0 fully saturated rings. The molecule has 0 radical (unpaired) electrons. The molecule has 18 heavy (non-hydrogen) atoms. The third kappa shape index (κ3) is 1.35. The fraction of sp³-hybridized carbons (Fsp3) is 0.500. The van der Waals surface area contributed by atoms with E-state index < -0.39 is 0 Å². The van der Waals surface area contributed by atoms with Crippen LogP contribution in [0.25, 0.3) is 5.70 Å². The minimum atomic E-state index is 0.216. The van der Waals surface area contributed by atoms with E-state index >= 15 is 0 Å². The highest BCUT2D eigenvalue weighted by atomic mass is 16.1. The van der Waals surface area contributed by atoms with E-state index in [-0.39, 0.29) is 5.41 Å². The number of hydrogen-bond donors (Lipinski definition) is 1. The van der Waals surface area contributed by atoms with Crippen molar-refractivity contribution < 1.29 is 4.79 Å². The minimum Gasteiger partial charge on any atom is -0.373 e. The highest BCUT2D eigenvalue weighted by Crippen LogP contribution is 2.42. The zero-order valence-electron chi connectivity index (χ0n) is 10.6. The molecule has 92 valence electrons. The first kappa shape index (κ1) is 11.1. The molecule has 4 nitrogen and oxygen atoms in total. The molecule has 2 heterocycles. The van der Waals surface area contributed by atoms with E-state index in [9.17, 15) is 10.1 Å². The first-order valence-corrected chi connectivity index (χ1v) is 6.21. The van der Waals surface area contributed by atoms with Crippen LogP contribution in [0.5, 0.6) is 0 Å². The van der Waals surface area contributed by atoms with Crippen LogP contribution in [0.2, 0.25) is 0 Å². The molecule has 1 aromatic rings. The molecule has 0 aromatic carbocycles. The predicted molar refractivity (Wildman–Crippen MR) is 67.4 cm³/mol. The zero-order valence-corrected chi connectivity index (χ0v) is 10.6. The van der Waals surface area contributed by atoms with Gasteiger partial charge in [-0.3, -0.25) is 0 Å². The van der Waals surface area contributed by atoms with Crippen molar-refractivity contribution in [3.8, 4) is 6.07 Å². The number of hydrogen-bond acceptors (Lipinski definition) is 3. The average Bonchev–Trinajstić information content (AvgIpc) is 2.79. The lowest BCUT2D eigenvalue weighted by molar-refractivity contribution is 0.383. The maximum Gasteiger partial charge on any atom is 0.152 e. The van der Waals surface area contributed by atoms with Crippen LogP contribution in [-0.4, -0.2) is 17.1 Å².